The number of ether oxygens (including phenoxy) is 1. The van der Waals surface area contributed by atoms with Crippen molar-refractivity contribution in [3.8, 4) is 5.75 Å². The largest absolute Gasteiger partial charge is 0.494 e. The predicted molar refractivity (Wildman–Crippen MR) is 104 cm³/mol. The Labute approximate surface area is 157 Å². The zero-order valence-electron chi connectivity index (χ0n) is 14.8. The lowest BCUT2D eigenvalue weighted by molar-refractivity contribution is 0.101. The fourth-order valence-corrected chi connectivity index (χ4v) is 2.40. The van der Waals surface area contributed by atoms with Crippen molar-refractivity contribution >= 4 is 23.2 Å². The Bertz CT molecular complexity index is 908. The van der Waals surface area contributed by atoms with E-state index >= 15 is 0 Å². The zero-order valence-corrected chi connectivity index (χ0v) is 14.8. The lowest BCUT2D eigenvalue weighted by atomic mass is 10.2. The standard InChI is InChI=1S/C21H19N3O3/c1-2-27-18-12-10-17(11-13-18)23-20(25)15-6-8-16(9-7-15)24-21(26)19-5-3-4-14-22-19/h3-14H,2H2,1H3,(H,23,25)(H,24,26). The summed E-state index contributed by atoms with van der Waals surface area (Å²) in [5.74, 6) is 0.215. The molecule has 1 heterocycles. The Morgan fingerprint density at radius 2 is 1.48 bits per heavy atom. The van der Waals surface area contributed by atoms with Gasteiger partial charge in [-0.05, 0) is 67.6 Å². The highest BCUT2D eigenvalue weighted by atomic mass is 16.5. The first-order chi connectivity index (χ1) is 13.2. The van der Waals surface area contributed by atoms with Crippen molar-refractivity contribution in [3.63, 3.8) is 0 Å². The molecule has 0 atom stereocenters. The van der Waals surface area contributed by atoms with E-state index in [0.29, 0.717) is 29.2 Å². The SMILES string of the molecule is CCOc1ccc(NC(=O)c2ccc(NC(=O)c3ccccn3)cc2)cc1. The minimum absolute atomic E-state index is 0.234. The number of rotatable bonds is 6. The predicted octanol–water partition coefficient (Wildman–Crippen LogP) is 3.98. The summed E-state index contributed by atoms with van der Waals surface area (Å²) >= 11 is 0. The van der Waals surface area contributed by atoms with Gasteiger partial charge in [0.15, 0.2) is 0 Å². The second kappa shape index (κ2) is 8.62. The summed E-state index contributed by atoms with van der Waals surface area (Å²) < 4.78 is 5.38. The molecule has 0 saturated carbocycles. The Hall–Kier alpha value is -3.67. The van der Waals surface area contributed by atoms with Crippen molar-refractivity contribution in [1.82, 2.24) is 4.98 Å². The second-order valence-electron chi connectivity index (χ2n) is 5.66. The van der Waals surface area contributed by atoms with Crippen LogP contribution in [0.2, 0.25) is 0 Å². The molecule has 0 spiro atoms. The lowest BCUT2D eigenvalue weighted by Gasteiger charge is -2.08. The molecule has 0 fully saturated rings. The molecule has 2 aromatic carbocycles. The maximum Gasteiger partial charge on any atom is 0.274 e. The van der Waals surface area contributed by atoms with Gasteiger partial charge in [-0.1, -0.05) is 6.07 Å². The summed E-state index contributed by atoms with van der Waals surface area (Å²) in [5, 5.41) is 5.57. The van der Waals surface area contributed by atoms with Crippen LogP contribution < -0.4 is 15.4 Å². The Morgan fingerprint density at radius 3 is 2.07 bits per heavy atom. The Kier molecular flexibility index (Phi) is 5.79. The molecular weight excluding hydrogens is 342 g/mol. The van der Waals surface area contributed by atoms with Crippen molar-refractivity contribution in [3.05, 3.63) is 84.2 Å². The van der Waals surface area contributed by atoms with Gasteiger partial charge < -0.3 is 15.4 Å². The number of anilines is 2. The summed E-state index contributed by atoms with van der Waals surface area (Å²) in [6.07, 6.45) is 1.56. The molecule has 6 heteroatoms. The third kappa shape index (κ3) is 4.92. The van der Waals surface area contributed by atoms with E-state index in [-0.39, 0.29) is 11.8 Å². The molecule has 1 aromatic heterocycles. The lowest BCUT2D eigenvalue weighted by Crippen LogP contribution is -2.14. The minimum atomic E-state index is -0.304. The number of carbonyl (C=O) groups excluding carboxylic acids is 2. The van der Waals surface area contributed by atoms with Crippen LogP contribution in [0.25, 0.3) is 0 Å². The van der Waals surface area contributed by atoms with Crippen LogP contribution in [0.5, 0.6) is 5.75 Å². The molecule has 136 valence electrons. The van der Waals surface area contributed by atoms with E-state index in [4.69, 9.17) is 4.74 Å². The third-order valence-corrected chi connectivity index (χ3v) is 3.73. The van der Waals surface area contributed by atoms with Gasteiger partial charge in [0, 0.05) is 23.1 Å². The number of amides is 2. The molecule has 6 nitrogen and oxygen atoms in total. The molecule has 2 amide bonds. The second-order valence-corrected chi connectivity index (χ2v) is 5.66. The summed E-state index contributed by atoms with van der Waals surface area (Å²) in [4.78, 5) is 28.4. The van der Waals surface area contributed by atoms with Crippen LogP contribution in [0, 0.1) is 0 Å². The van der Waals surface area contributed by atoms with Crippen molar-refractivity contribution < 1.29 is 14.3 Å². The number of aromatic nitrogens is 1. The summed E-state index contributed by atoms with van der Waals surface area (Å²) in [5.41, 5.74) is 2.08. The molecule has 3 aromatic rings. The van der Waals surface area contributed by atoms with E-state index < -0.39 is 0 Å². The molecule has 0 bridgehead atoms. The number of pyridine rings is 1. The van der Waals surface area contributed by atoms with Crippen LogP contribution in [0.15, 0.2) is 72.9 Å². The Morgan fingerprint density at radius 1 is 0.852 bits per heavy atom. The molecular formula is C21H19N3O3. The van der Waals surface area contributed by atoms with Crippen molar-refractivity contribution in [1.29, 1.82) is 0 Å². The molecule has 27 heavy (non-hydrogen) atoms. The monoisotopic (exact) mass is 361 g/mol. The molecule has 2 N–H and O–H groups in total. The van der Waals surface area contributed by atoms with Gasteiger partial charge in [-0.15, -0.1) is 0 Å². The van der Waals surface area contributed by atoms with Crippen LogP contribution in [-0.4, -0.2) is 23.4 Å². The third-order valence-electron chi connectivity index (χ3n) is 3.73. The van der Waals surface area contributed by atoms with Crippen LogP contribution in [-0.2, 0) is 0 Å². The van der Waals surface area contributed by atoms with Crippen molar-refractivity contribution in [2.24, 2.45) is 0 Å². The molecule has 0 aliphatic rings. The molecule has 0 aliphatic heterocycles. The van der Waals surface area contributed by atoms with Crippen LogP contribution in [0.1, 0.15) is 27.8 Å². The van der Waals surface area contributed by atoms with Crippen molar-refractivity contribution in [2.45, 2.75) is 6.92 Å². The topological polar surface area (TPSA) is 80.3 Å². The first kappa shape index (κ1) is 18.1. The van der Waals surface area contributed by atoms with Crippen molar-refractivity contribution in [2.75, 3.05) is 17.2 Å². The van der Waals surface area contributed by atoms with E-state index in [9.17, 15) is 9.59 Å². The molecule has 0 radical (unpaired) electrons. The van der Waals surface area contributed by atoms with E-state index in [1.165, 1.54) is 0 Å². The number of hydrogen-bond donors (Lipinski definition) is 2. The van der Waals surface area contributed by atoms with Gasteiger partial charge in [-0.2, -0.15) is 0 Å². The first-order valence-electron chi connectivity index (χ1n) is 8.52. The highest BCUT2D eigenvalue weighted by Gasteiger charge is 2.09. The Balaban J connectivity index is 1.61. The highest BCUT2D eigenvalue weighted by Crippen LogP contribution is 2.17. The van der Waals surface area contributed by atoms with E-state index in [2.05, 4.69) is 15.6 Å². The van der Waals surface area contributed by atoms with Crippen LogP contribution in [0.3, 0.4) is 0 Å². The van der Waals surface area contributed by atoms with Gasteiger partial charge in [-0.25, -0.2) is 0 Å². The van der Waals surface area contributed by atoms with Gasteiger partial charge in [-0.3, -0.25) is 14.6 Å². The molecule has 0 unspecified atom stereocenters. The molecule has 0 aliphatic carbocycles. The normalized spacial score (nSPS) is 10.1. The number of carbonyl (C=O) groups is 2. The molecule has 0 saturated heterocycles. The maximum atomic E-state index is 12.3. The summed E-state index contributed by atoms with van der Waals surface area (Å²) in [6, 6.07) is 18.9. The summed E-state index contributed by atoms with van der Waals surface area (Å²) in [7, 11) is 0. The average Bonchev–Trinajstić information content (AvgIpc) is 2.71. The van der Waals surface area contributed by atoms with Gasteiger partial charge in [0.2, 0.25) is 0 Å². The number of nitrogens with zero attached hydrogens (tertiary/aromatic N) is 1. The van der Waals surface area contributed by atoms with Crippen LogP contribution >= 0.6 is 0 Å². The number of hydrogen-bond acceptors (Lipinski definition) is 4. The first-order valence-corrected chi connectivity index (χ1v) is 8.52. The van der Waals surface area contributed by atoms with E-state index in [1.54, 1.807) is 72.9 Å². The minimum Gasteiger partial charge on any atom is -0.494 e. The summed E-state index contributed by atoms with van der Waals surface area (Å²) in [6.45, 7) is 2.51. The maximum absolute atomic E-state index is 12.3. The van der Waals surface area contributed by atoms with Gasteiger partial charge in [0.05, 0.1) is 6.61 Å². The smallest absolute Gasteiger partial charge is 0.274 e. The van der Waals surface area contributed by atoms with Gasteiger partial charge in [0.1, 0.15) is 11.4 Å². The van der Waals surface area contributed by atoms with Gasteiger partial charge >= 0.3 is 0 Å². The zero-order chi connectivity index (χ0) is 19.1. The highest BCUT2D eigenvalue weighted by molar-refractivity contribution is 6.05. The van der Waals surface area contributed by atoms with Crippen LogP contribution in [0.4, 0.5) is 11.4 Å². The fourth-order valence-electron chi connectivity index (χ4n) is 2.40. The quantitative estimate of drug-likeness (QED) is 0.696. The average molecular weight is 361 g/mol. The number of benzene rings is 2. The van der Waals surface area contributed by atoms with Gasteiger partial charge in [0.25, 0.3) is 11.8 Å². The van der Waals surface area contributed by atoms with E-state index in [0.717, 1.165) is 5.75 Å². The number of nitrogens with one attached hydrogen (secondary N) is 2. The molecule has 3 rings (SSSR count). The van der Waals surface area contributed by atoms with E-state index in [1.807, 2.05) is 6.92 Å². The fraction of sp³-hybridized carbons (Fsp3) is 0.0952.